The summed E-state index contributed by atoms with van der Waals surface area (Å²) in [6.07, 6.45) is 0.649. The van der Waals surface area contributed by atoms with Crippen LogP contribution in [0.2, 0.25) is 0 Å². The van der Waals surface area contributed by atoms with E-state index in [-0.39, 0.29) is 24.1 Å². The Balaban J connectivity index is 1.94. The fraction of sp³-hybridized carbons (Fsp3) is 0.312. The largest absolute Gasteiger partial charge is 0.322 e. The van der Waals surface area contributed by atoms with Crippen LogP contribution in [0.25, 0.3) is 5.57 Å². The Morgan fingerprint density at radius 2 is 2.10 bits per heavy atom. The molecule has 3 rings (SSSR count). The molecule has 1 atom stereocenters. The van der Waals surface area contributed by atoms with Gasteiger partial charge in [-0.2, -0.15) is 0 Å². The molecular weight excluding hydrogens is 268 g/mol. The first-order valence-corrected chi connectivity index (χ1v) is 6.91. The average Bonchev–Trinajstić information content (AvgIpc) is 2.76. The van der Waals surface area contributed by atoms with Crippen molar-refractivity contribution < 1.29 is 14.4 Å². The van der Waals surface area contributed by atoms with Crippen molar-refractivity contribution in [1.82, 2.24) is 10.2 Å². The van der Waals surface area contributed by atoms with E-state index in [4.69, 9.17) is 0 Å². The molecule has 1 aromatic rings. The van der Waals surface area contributed by atoms with E-state index >= 15 is 0 Å². The first-order valence-electron chi connectivity index (χ1n) is 6.91. The second-order valence-corrected chi connectivity index (χ2v) is 5.52. The van der Waals surface area contributed by atoms with E-state index in [1.165, 1.54) is 0 Å². The molecule has 2 heterocycles. The van der Waals surface area contributed by atoms with Crippen molar-refractivity contribution in [2.24, 2.45) is 0 Å². The highest BCUT2D eigenvalue weighted by Gasteiger charge is 2.39. The molecule has 0 aromatic heterocycles. The van der Waals surface area contributed by atoms with E-state index in [1.807, 2.05) is 25.1 Å². The lowest BCUT2D eigenvalue weighted by atomic mass is 9.98. The second-order valence-electron chi connectivity index (χ2n) is 5.52. The van der Waals surface area contributed by atoms with Crippen LogP contribution >= 0.6 is 0 Å². The predicted molar refractivity (Wildman–Crippen MR) is 77.2 cm³/mol. The minimum atomic E-state index is -0.569. The normalized spacial score (nSPS) is 21.3. The van der Waals surface area contributed by atoms with Crippen LogP contribution in [0.5, 0.6) is 0 Å². The number of carbonyl (C=O) groups excluding carboxylic acids is 3. The van der Waals surface area contributed by atoms with Crippen molar-refractivity contribution >= 4 is 23.3 Å². The quantitative estimate of drug-likeness (QED) is 0.837. The summed E-state index contributed by atoms with van der Waals surface area (Å²) in [5.74, 6) is -0.814. The maximum absolute atomic E-state index is 12.7. The maximum Gasteiger partial charge on any atom is 0.255 e. The highest BCUT2D eigenvalue weighted by Crippen LogP contribution is 2.32. The summed E-state index contributed by atoms with van der Waals surface area (Å²) in [4.78, 5) is 37.4. The number of imide groups is 1. The van der Waals surface area contributed by atoms with E-state index in [9.17, 15) is 14.4 Å². The molecule has 0 aliphatic carbocycles. The first kappa shape index (κ1) is 13.5. The molecule has 0 radical (unpaired) electrons. The van der Waals surface area contributed by atoms with Gasteiger partial charge in [-0.15, -0.1) is 0 Å². The smallest absolute Gasteiger partial charge is 0.255 e. The van der Waals surface area contributed by atoms with Crippen LogP contribution < -0.4 is 5.32 Å². The lowest BCUT2D eigenvalue weighted by molar-refractivity contribution is -0.136. The topological polar surface area (TPSA) is 66.5 Å². The third-order valence-electron chi connectivity index (χ3n) is 4.01. The lowest BCUT2D eigenvalue weighted by Gasteiger charge is -2.29. The van der Waals surface area contributed by atoms with Crippen LogP contribution in [0.4, 0.5) is 0 Å². The average molecular weight is 284 g/mol. The Kier molecular flexibility index (Phi) is 3.12. The number of nitrogens with one attached hydrogen (secondary N) is 1. The van der Waals surface area contributed by atoms with Gasteiger partial charge in [0, 0.05) is 13.0 Å². The van der Waals surface area contributed by atoms with Crippen LogP contribution in [-0.4, -0.2) is 28.7 Å². The zero-order valence-corrected chi connectivity index (χ0v) is 11.8. The third-order valence-corrected chi connectivity index (χ3v) is 4.01. The molecule has 1 saturated heterocycles. The van der Waals surface area contributed by atoms with Crippen molar-refractivity contribution in [2.75, 3.05) is 0 Å². The number of amides is 3. The van der Waals surface area contributed by atoms with Gasteiger partial charge in [0.2, 0.25) is 11.8 Å². The fourth-order valence-corrected chi connectivity index (χ4v) is 2.97. The minimum absolute atomic E-state index is 0.155. The maximum atomic E-state index is 12.7. The van der Waals surface area contributed by atoms with Gasteiger partial charge in [-0.05, 0) is 24.5 Å². The van der Waals surface area contributed by atoms with E-state index in [0.717, 1.165) is 16.7 Å². The van der Waals surface area contributed by atoms with Crippen LogP contribution in [0.1, 0.15) is 41.3 Å². The van der Waals surface area contributed by atoms with Crippen molar-refractivity contribution in [3.05, 3.63) is 41.5 Å². The summed E-state index contributed by atoms with van der Waals surface area (Å²) < 4.78 is 0. The molecule has 1 unspecified atom stereocenters. The number of rotatable bonds is 2. The lowest BCUT2D eigenvalue weighted by Crippen LogP contribution is -2.52. The SMILES string of the molecule is C=C(C)c1cccc2c1C(=O)N(C1CCC(=O)NC1=O)C2. The highest BCUT2D eigenvalue weighted by molar-refractivity contribution is 6.07. The summed E-state index contributed by atoms with van der Waals surface area (Å²) >= 11 is 0. The Labute approximate surface area is 122 Å². The van der Waals surface area contributed by atoms with Gasteiger partial charge in [-0.1, -0.05) is 30.4 Å². The Hall–Kier alpha value is -2.43. The summed E-state index contributed by atoms with van der Waals surface area (Å²) in [5.41, 5.74) is 3.19. The van der Waals surface area contributed by atoms with E-state index in [0.29, 0.717) is 18.5 Å². The van der Waals surface area contributed by atoms with Gasteiger partial charge in [0.1, 0.15) is 6.04 Å². The van der Waals surface area contributed by atoms with Crippen molar-refractivity contribution in [3.8, 4) is 0 Å². The summed E-state index contributed by atoms with van der Waals surface area (Å²) in [5, 5.41) is 2.30. The van der Waals surface area contributed by atoms with Crippen LogP contribution in [0.3, 0.4) is 0 Å². The number of hydrogen-bond acceptors (Lipinski definition) is 3. The Bertz CT molecular complexity index is 678. The minimum Gasteiger partial charge on any atom is -0.322 e. The summed E-state index contributed by atoms with van der Waals surface area (Å²) in [6.45, 7) is 6.17. The van der Waals surface area contributed by atoms with Crippen molar-refractivity contribution in [1.29, 1.82) is 0 Å². The molecule has 0 saturated carbocycles. The van der Waals surface area contributed by atoms with E-state index in [1.54, 1.807) is 4.90 Å². The molecule has 0 spiro atoms. The van der Waals surface area contributed by atoms with Gasteiger partial charge < -0.3 is 4.90 Å². The van der Waals surface area contributed by atoms with Crippen LogP contribution in [0.15, 0.2) is 24.8 Å². The number of nitrogens with zero attached hydrogens (tertiary/aromatic N) is 1. The Morgan fingerprint density at radius 1 is 1.33 bits per heavy atom. The molecule has 5 heteroatoms. The first-order chi connectivity index (χ1) is 9.99. The molecule has 2 aliphatic rings. The summed E-state index contributed by atoms with van der Waals surface area (Å²) in [6, 6.07) is 5.09. The standard InChI is InChI=1S/C16H16N2O3/c1-9(2)11-5-3-4-10-8-18(16(21)14(10)11)12-6-7-13(19)17-15(12)20/h3-5,12H,1,6-8H2,2H3,(H,17,19,20). The molecule has 1 fully saturated rings. The molecule has 0 bridgehead atoms. The van der Waals surface area contributed by atoms with Gasteiger partial charge in [0.05, 0.1) is 5.56 Å². The van der Waals surface area contributed by atoms with Crippen LogP contribution in [0, 0.1) is 0 Å². The number of benzene rings is 1. The fourth-order valence-electron chi connectivity index (χ4n) is 2.97. The zero-order chi connectivity index (χ0) is 15.1. The molecule has 1 aromatic carbocycles. The number of allylic oxidation sites excluding steroid dienone is 1. The van der Waals surface area contributed by atoms with Crippen LogP contribution in [-0.2, 0) is 16.1 Å². The summed E-state index contributed by atoms with van der Waals surface area (Å²) in [7, 11) is 0. The molecule has 3 amide bonds. The van der Waals surface area contributed by atoms with Gasteiger partial charge in [-0.25, -0.2) is 0 Å². The number of hydrogen-bond donors (Lipinski definition) is 1. The van der Waals surface area contributed by atoms with Crippen molar-refractivity contribution in [3.63, 3.8) is 0 Å². The second kappa shape index (κ2) is 4.84. The van der Waals surface area contributed by atoms with Gasteiger partial charge in [-0.3, -0.25) is 19.7 Å². The van der Waals surface area contributed by atoms with Gasteiger partial charge >= 0.3 is 0 Å². The number of fused-ring (bicyclic) bond motifs is 1. The molecule has 1 N–H and O–H groups in total. The molecule has 2 aliphatic heterocycles. The van der Waals surface area contributed by atoms with E-state index in [2.05, 4.69) is 11.9 Å². The molecular formula is C16H16N2O3. The van der Waals surface area contributed by atoms with E-state index < -0.39 is 6.04 Å². The molecule has 108 valence electrons. The number of piperidine rings is 1. The zero-order valence-electron chi connectivity index (χ0n) is 11.8. The predicted octanol–water partition coefficient (Wildman–Crippen LogP) is 1.48. The third kappa shape index (κ3) is 2.14. The van der Waals surface area contributed by atoms with Crippen molar-refractivity contribution in [2.45, 2.75) is 32.4 Å². The molecule has 21 heavy (non-hydrogen) atoms. The highest BCUT2D eigenvalue weighted by atomic mass is 16.2. The monoisotopic (exact) mass is 284 g/mol. The molecule has 5 nitrogen and oxygen atoms in total. The Morgan fingerprint density at radius 3 is 2.76 bits per heavy atom. The van der Waals surface area contributed by atoms with Gasteiger partial charge in [0.15, 0.2) is 0 Å². The number of carbonyl (C=O) groups is 3. The van der Waals surface area contributed by atoms with Gasteiger partial charge in [0.25, 0.3) is 5.91 Å².